The molecule has 1 saturated carbocycles. The Morgan fingerprint density at radius 1 is 1.25 bits per heavy atom. The molecule has 0 saturated heterocycles. The van der Waals surface area contributed by atoms with Crippen LogP contribution in [0, 0.1) is 5.92 Å². The predicted octanol–water partition coefficient (Wildman–Crippen LogP) is 1.83. The highest BCUT2D eigenvalue weighted by Crippen LogP contribution is 2.30. The molecule has 1 amide bonds. The molecule has 1 aliphatic carbocycles. The van der Waals surface area contributed by atoms with Crippen LogP contribution in [0.1, 0.15) is 40.0 Å². The van der Waals surface area contributed by atoms with E-state index in [1.807, 2.05) is 0 Å². The van der Waals surface area contributed by atoms with Crippen LogP contribution >= 0.6 is 0 Å². The molecule has 0 spiro atoms. The molecule has 0 aromatic heterocycles. The monoisotopic (exact) mass is 275 g/mol. The second-order valence-electron chi connectivity index (χ2n) is 5.08. The fourth-order valence-corrected chi connectivity index (χ4v) is 2.01. The summed E-state index contributed by atoms with van der Waals surface area (Å²) in [6.45, 7) is 0.835. The third kappa shape index (κ3) is 3.91. The van der Waals surface area contributed by atoms with Crippen LogP contribution < -0.4 is 0 Å². The van der Waals surface area contributed by atoms with E-state index >= 15 is 0 Å². The van der Waals surface area contributed by atoms with Gasteiger partial charge in [-0.2, -0.15) is 0 Å². The van der Waals surface area contributed by atoms with Gasteiger partial charge < -0.3 is 10.0 Å². The zero-order chi connectivity index (χ0) is 14.5. The summed E-state index contributed by atoms with van der Waals surface area (Å²) in [6, 6.07) is 6.39. The first-order chi connectivity index (χ1) is 9.60. The molecule has 0 bridgehead atoms. The number of aliphatic carboxylic acids is 1. The Kier molecular flexibility index (Phi) is 4.50. The van der Waals surface area contributed by atoms with Crippen LogP contribution in [0.3, 0.4) is 0 Å². The number of carboxylic acid groups (broad SMARTS) is 1. The molecule has 5 heteroatoms. The molecule has 1 aromatic rings. The van der Waals surface area contributed by atoms with Crippen molar-refractivity contribution in [2.75, 3.05) is 13.1 Å². The van der Waals surface area contributed by atoms with Crippen LogP contribution in [-0.2, 0) is 4.79 Å². The third-order valence-electron chi connectivity index (χ3n) is 3.35. The van der Waals surface area contributed by atoms with Gasteiger partial charge in [0.25, 0.3) is 5.91 Å². The lowest BCUT2D eigenvalue weighted by Gasteiger charge is -2.22. The largest absolute Gasteiger partial charge is 0.481 e. The number of hydrogen-bond acceptors (Lipinski definition) is 3. The van der Waals surface area contributed by atoms with Gasteiger partial charge in [-0.25, -0.2) is 0 Å². The zero-order valence-corrected chi connectivity index (χ0v) is 11.1. The molecular formula is C15H17NO4. The maximum Gasteiger partial charge on any atom is 0.305 e. The predicted molar refractivity (Wildman–Crippen MR) is 72.7 cm³/mol. The van der Waals surface area contributed by atoms with Crippen molar-refractivity contribution < 1.29 is 19.5 Å². The van der Waals surface area contributed by atoms with Crippen LogP contribution in [0.2, 0.25) is 0 Å². The number of carboxylic acids is 1. The van der Waals surface area contributed by atoms with E-state index < -0.39 is 5.97 Å². The van der Waals surface area contributed by atoms with Gasteiger partial charge in [-0.1, -0.05) is 12.1 Å². The Morgan fingerprint density at radius 3 is 2.40 bits per heavy atom. The fourth-order valence-electron chi connectivity index (χ4n) is 2.01. The van der Waals surface area contributed by atoms with Gasteiger partial charge in [0, 0.05) is 24.2 Å². The van der Waals surface area contributed by atoms with Gasteiger partial charge in [0.1, 0.15) is 6.29 Å². The van der Waals surface area contributed by atoms with E-state index in [1.54, 1.807) is 29.2 Å². The van der Waals surface area contributed by atoms with Crippen molar-refractivity contribution in [3.8, 4) is 0 Å². The first-order valence-electron chi connectivity index (χ1n) is 6.66. The second-order valence-corrected chi connectivity index (χ2v) is 5.08. The molecule has 1 fully saturated rings. The molecule has 1 aromatic carbocycles. The Balaban J connectivity index is 2.06. The summed E-state index contributed by atoms with van der Waals surface area (Å²) in [4.78, 5) is 35.2. The van der Waals surface area contributed by atoms with Gasteiger partial charge in [-0.05, 0) is 30.9 Å². The Labute approximate surface area is 117 Å². The molecule has 1 aliphatic rings. The van der Waals surface area contributed by atoms with E-state index in [1.165, 1.54) is 0 Å². The standard InChI is InChI=1S/C15H17NO4/c17-10-12-3-5-13(6-4-12)15(20)16(8-7-14(18)19)9-11-1-2-11/h3-6,10-11H,1-2,7-9H2,(H,18,19). The lowest BCUT2D eigenvalue weighted by molar-refractivity contribution is -0.137. The van der Waals surface area contributed by atoms with Crippen molar-refractivity contribution in [1.29, 1.82) is 0 Å². The summed E-state index contributed by atoms with van der Waals surface area (Å²) in [6.07, 6.45) is 2.87. The second kappa shape index (κ2) is 6.32. The summed E-state index contributed by atoms with van der Waals surface area (Å²) < 4.78 is 0. The van der Waals surface area contributed by atoms with Gasteiger partial charge >= 0.3 is 5.97 Å². The minimum atomic E-state index is -0.908. The maximum absolute atomic E-state index is 12.4. The van der Waals surface area contributed by atoms with E-state index in [-0.39, 0.29) is 18.9 Å². The highest BCUT2D eigenvalue weighted by atomic mass is 16.4. The van der Waals surface area contributed by atoms with Gasteiger partial charge in [0.15, 0.2) is 0 Å². The molecule has 106 valence electrons. The quantitative estimate of drug-likeness (QED) is 0.770. The number of nitrogens with zero attached hydrogens (tertiary/aromatic N) is 1. The van der Waals surface area contributed by atoms with Gasteiger partial charge in [0.05, 0.1) is 6.42 Å². The van der Waals surface area contributed by atoms with Crippen molar-refractivity contribution in [2.45, 2.75) is 19.3 Å². The minimum Gasteiger partial charge on any atom is -0.481 e. The number of hydrogen-bond donors (Lipinski definition) is 1. The number of carbonyl (C=O) groups is 3. The number of benzene rings is 1. The highest BCUT2D eigenvalue weighted by molar-refractivity contribution is 5.95. The van der Waals surface area contributed by atoms with Crippen molar-refractivity contribution >= 4 is 18.2 Å². The first-order valence-corrected chi connectivity index (χ1v) is 6.66. The third-order valence-corrected chi connectivity index (χ3v) is 3.35. The minimum absolute atomic E-state index is 0.0507. The lowest BCUT2D eigenvalue weighted by atomic mass is 10.1. The molecule has 0 atom stereocenters. The van der Waals surface area contributed by atoms with Crippen molar-refractivity contribution in [3.63, 3.8) is 0 Å². The lowest BCUT2D eigenvalue weighted by Crippen LogP contribution is -2.34. The van der Waals surface area contributed by atoms with Gasteiger partial charge in [0.2, 0.25) is 0 Å². The van der Waals surface area contributed by atoms with Gasteiger partial charge in [-0.15, -0.1) is 0 Å². The van der Waals surface area contributed by atoms with Crippen LogP contribution in [0.15, 0.2) is 24.3 Å². The van der Waals surface area contributed by atoms with Gasteiger partial charge in [-0.3, -0.25) is 14.4 Å². The molecular weight excluding hydrogens is 258 g/mol. The summed E-state index contributed by atoms with van der Waals surface area (Å²) in [5.41, 5.74) is 1.00. The average molecular weight is 275 g/mol. The molecule has 1 N–H and O–H groups in total. The van der Waals surface area contributed by atoms with Crippen LogP contribution in [-0.4, -0.2) is 41.3 Å². The van der Waals surface area contributed by atoms with E-state index in [9.17, 15) is 14.4 Å². The average Bonchev–Trinajstić information content (AvgIpc) is 3.26. The topological polar surface area (TPSA) is 74.7 Å². The molecule has 0 unspecified atom stereocenters. The zero-order valence-electron chi connectivity index (χ0n) is 11.1. The maximum atomic E-state index is 12.4. The molecule has 0 radical (unpaired) electrons. The summed E-state index contributed by atoms with van der Waals surface area (Å²) >= 11 is 0. The van der Waals surface area contributed by atoms with Crippen molar-refractivity contribution in [3.05, 3.63) is 35.4 Å². The highest BCUT2D eigenvalue weighted by Gasteiger charge is 2.27. The Morgan fingerprint density at radius 2 is 1.90 bits per heavy atom. The number of aldehydes is 1. The fraction of sp³-hybridized carbons (Fsp3) is 0.400. The Bertz CT molecular complexity index is 505. The number of carbonyl (C=O) groups excluding carboxylic acids is 2. The van der Waals surface area contributed by atoms with Crippen LogP contribution in [0.5, 0.6) is 0 Å². The van der Waals surface area contributed by atoms with Crippen molar-refractivity contribution in [2.24, 2.45) is 5.92 Å². The normalized spacial score (nSPS) is 13.8. The molecule has 5 nitrogen and oxygen atoms in total. The SMILES string of the molecule is O=Cc1ccc(C(=O)N(CCC(=O)O)CC2CC2)cc1. The van der Waals surface area contributed by atoms with E-state index in [0.29, 0.717) is 23.6 Å². The number of rotatable bonds is 7. The van der Waals surface area contributed by atoms with E-state index in [4.69, 9.17) is 5.11 Å². The molecule has 0 aliphatic heterocycles. The number of amides is 1. The van der Waals surface area contributed by atoms with Crippen LogP contribution in [0.25, 0.3) is 0 Å². The van der Waals surface area contributed by atoms with E-state index in [2.05, 4.69) is 0 Å². The summed E-state index contributed by atoms with van der Waals surface area (Å²) in [7, 11) is 0. The van der Waals surface area contributed by atoms with Crippen molar-refractivity contribution in [1.82, 2.24) is 4.90 Å². The Hall–Kier alpha value is -2.17. The van der Waals surface area contributed by atoms with Crippen LogP contribution in [0.4, 0.5) is 0 Å². The first kappa shape index (κ1) is 14.2. The summed E-state index contributed by atoms with van der Waals surface area (Å²) in [5, 5.41) is 8.76. The smallest absolute Gasteiger partial charge is 0.305 e. The molecule has 0 heterocycles. The molecule has 2 rings (SSSR count). The summed E-state index contributed by atoms with van der Waals surface area (Å²) in [5.74, 6) is -0.576. The van der Waals surface area contributed by atoms with E-state index in [0.717, 1.165) is 19.1 Å². The molecule has 20 heavy (non-hydrogen) atoms.